The van der Waals surface area contributed by atoms with E-state index in [1.54, 1.807) is 4.31 Å². The van der Waals surface area contributed by atoms with Crippen LogP contribution in [0.4, 0.5) is 0 Å². The minimum atomic E-state index is -3.41. The zero-order valence-corrected chi connectivity index (χ0v) is 11.0. The van der Waals surface area contributed by atoms with Crippen LogP contribution in [0, 0.1) is 17.2 Å². The summed E-state index contributed by atoms with van der Waals surface area (Å²) < 4.78 is 27.7. The van der Waals surface area contributed by atoms with Crippen molar-refractivity contribution in [3.8, 4) is 6.07 Å². The van der Waals surface area contributed by atoms with Gasteiger partial charge in [-0.3, -0.25) is 0 Å². The van der Waals surface area contributed by atoms with E-state index in [1.807, 2.05) is 0 Å². The fourth-order valence-corrected chi connectivity index (χ4v) is 4.58. The van der Waals surface area contributed by atoms with Crippen LogP contribution < -0.4 is 0 Å². The third kappa shape index (κ3) is 2.46. The van der Waals surface area contributed by atoms with E-state index in [4.69, 9.17) is 5.26 Å². The number of hydrogen-bond donors (Lipinski definition) is 0. The Kier molecular flexibility index (Phi) is 3.71. The summed E-state index contributed by atoms with van der Waals surface area (Å²) in [6, 6.07) is 1.63. The second-order valence-corrected chi connectivity index (χ2v) is 6.89. The summed E-state index contributed by atoms with van der Waals surface area (Å²) in [7, 11) is -3.41. The Labute approximate surface area is 103 Å². The van der Waals surface area contributed by atoms with Crippen molar-refractivity contribution in [2.24, 2.45) is 5.92 Å². The average molecular weight is 257 g/mol. The zero-order valence-electron chi connectivity index (χ0n) is 10.2. The molecule has 5 nitrogen and oxygen atoms in total. The highest BCUT2D eigenvalue weighted by atomic mass is 32.2. The molecule has 0 radical (unpaired) electrons. The van der Waals surface area contributed by atoms with E-state index in [2.05, 4.69) is 13.0 Å². The third-order valence-electron chi connectivity index (χ3n) is 3.60. The van der Waals surface area contributed by atoms with Gasteiger partial charge in [-0.1, -0.05) is 6.92 Å². The predicted molar refractivity (Wildman–Crippen MR) is 64.2 cm³/mol. The van der Waals surface area contributed by atoms with Crippen LogP contribution in [0.15, 0.2) is 0 Å². The van der Waals surface area contributed by atoms with E-state index in [1.165, 1.54) is 4.31 Å². The first-order valence-corrected chi connectivity index (χ1v) is 7.62. The van der Waals surface area contributed by atoms with Gasteiger partial charge in [0.05, 0.1) is 6.07 Å². The molecule has 0 bridgehead atoms. The van der Waals surface area contributed by atoms with Gasteiger partial charge in [0.2, 0.25) is 0 Å². The third-order valence-corrected chi connectivity index (χ3v) is 5.61. The standard InChI is InChI=1S/C11H19N3O2S/c1-10-4-2-6-13(9-10)17(15,16)14-7-3-5-11(14)8-12/h10-11H,2-7,9H2,1H3. The first-order chi connectivity index (χ1) is 8.05. The molecular weight excluding hydrogens is 238 g/mol. The fourth-order valence-electron chi connectivity index (χ4n) is 2.65. The molecule has 0 amide bonds. The molecule has 2 unspecified atom stereocenters. The molecule has 2 rings (SSSR count). The summed E-state index contributed by atoms with van der Waals surface area (Å²) in [6.07, 6.45) is 3.47. The van der Waals surface area contributed by atoms with Gasteiger partial charge in [-0.25, -0.2) is 0 Å². The average Bonchev–Trinajstić information content (AvgIpc) is 2.77. The smallest absolute Gasteiger partial charge is 0.197 e. The van der Waals surface area contributed by atoms with Crippen LogP contribution >= 0.6 is 0 Å². The van der Waals surface area contributed by atoms with Crippen LogP contribution in [0.25, 0.3) is 0 Å². The molecule has 96 valence electrons. The molecule has 2 saturated heterocycles. The summed E-state index contributed by atoms with van der Waals surface area (Å²) >= 11 is 0. The Morgan fingerprint density at radius 1 is 1.24 bits per heavy atom. The van der Waals surface area contributed by atoms with E-state index < -0.39 is 16.3 Å². The molecule has 6 heteroatoms. The molecule has 0 aromatic heterocycles. The SMILES string of the molecule is CC1CCCN(S(=O)(=O)N2CCCC2C#N)C1. The normalized spacial score (nSPS) is 32.5. The largest absolute Gasteiger partial charge is 0.283 e. The maximum Gasteiger partial charge on any atom is 0.283 e. The lowest BCUT2D eigenvalue weighted by molar-refractivity contribution is 0.259. The van der Waals surface area contributed by atoms with Crippen LogP contribution in [-0.2, 0) is 10.2 Å². The van der Waals surface area contributed by atoms with Gasteiger partial charge in [-0.2, -0.15) is 22.3 Å². The van der Waals surface area contributed by atoms with E-state index >= 15 is 0 Å². The summed E-state index contributed by atoms with van der Waals surface area (Å²) in [4.78, 5) is 0. The Bertz CT molecular complexity index is 415. The summed E-state index contributed by atoms with van der Waals surface area (Å²) in [6.45, 7) is 3.76. The molecular formula is C11H19N3O2S. The number of nitrogens with zero attached hydrogens (tertiary/aromatic N) is 3. The molecule has 2 atom stereocenters. The Balaban J connectivity index is 2.15. The highest BCUT2D eigenvalue weighted by molar-refractivity contribution is 7.86. The predicted octanol–water partition coefficient (Wildman–Crippen LogP) is 0.951. The van der Waals surface area contributed by atoms with Crippen molar-refractivity contribution in [3.63, 3.8) is 0 Å². The van der Waals surface area contributed by atoms with Crippen LogP contribution in [0.1, 0.15) is 32.6 Å². The van der Waals surface area contributed by atoms with Gasteiger partial charge < -0.3 is 0 Å². The quantitative estimate of drug-likeness (QED) is 0.740. The van der Waals surface area contributed by atoms with Crippen molar-refractivity contribution in [1.29, 1.82) is 5.26 Å². The van der Waals surface area contributed by atoms with Crippen molar-refractivity contribution in [2.75, 3.05) is 19.6 Å². The van der Waals surface area contributed by atoms with Gasteiger partial charge in [-0.15, -0.1) is 0 Å². The first kappa shape index (κ1) is 12.8. The number of hydrogen-bond acceptors (Lipinski definition) is 3. The maximum absolute atomic E-state index is 12.4. The minimum Gasteiger partial charge on any atom is -0.197 e. The molecule has 0 aliphatic carbocycles. The van der Waals surface area contributed by atoms with Crippen molar-refractivity contribution in [3.05, 3.63) is 0 Å². The molecule has 2 aliphatic heterocycles. The van der Waals surface area contributed by atoms with Gasteiger partial charge in [0.1, 0.15) is 6.04 Å². The molecule has 0 N–H and O–H groups in total. The fraction of sp³-hybridized carbons (Fsp3) is 0.909. The molecule has 0 saturated carbocycles. The first-order valence-electron chi connectivity index (χ1n) is 6.22. The van der Waals surface area contributed by atoms with Crippen molar-refractivity contribution in [2.45, 2.75) is 38.6 Å². The van der Waals surface area contributed by atoms with Crippen molar-refractivity contribution in [1.82, 2.24) is 8.61 Å². The number of nitriles is 1. The molecule has 0 aromatic rings. The van der Waals surface area contributed by atoms with E-state index in [0.29, 0.717) is 32.0 Å². The minimum absolute atomic E-state index is 0.418. The van der Waals surface area contributed by atoms with E-state index in [-0.39, 0.29) is 0 Å². The summed E-state index contributed by atoms with van der Waals surface area (Å²) in [5, 5.41) is 8.98. The van der Waals surface area contributed by atoms with Gasteiger partial charge in [-0.05, 0) is 31.6 Å². The monoisotopic (exact) mass is 257 g/mol. The van der Waals surface area contributed by atoms with E-state index in [0.717, 1.165) is 19.3 Å². The number of piperidine rings is 1. The van der Waals surface area contributed by atoms with Crippen LogP contribution in [0.5, 0.6) is 0 Å². The molecule has 2 heterocycles. The van der Waals surface area contributed by atoms with Crippen molar-refractivity contribution < 1.29 is 8.42 Å². The molecule has 2 fully saturated rings. The molecule has 0 spiro atoms. The highest BCUT2D eigenvalue weighted by Gasteiger charge is 2.39. The number of rotatable bonds is 2. The second kappa shape index (κ2) is 4.92. The van der Waals surface area contributed by atoms with E-state index in [9.17, 15) is 8.42 Å². The lowest BCUT2D eigenvalue weighted by Gasteiger charge is -2.33. The molecule has 17 heavy (non-hydrogen) atoms. The van der Waals surface area contributed by atoms with Gasteiger partial charge >= 0.3 is 0 Å². The summed E-state index contributed by atoms with van der Waals surface area (Å²) in [5.41, 5.74) is 0. The van der Waals surface area contributed by atoms with Crippen LogP contribution in [0.3, 0.4) is 0 Å². The topological polar surface area (TPSA) is 64.4 Å². The molecule has 2 aliphatic rings. The van der Waals surface area contributed by atoms with Crippen LogP contribution in [0.2, 0.25) is 0 Å². The molecule has 0 aromatic carbocycles. The van der Waals surface area contributed by atoms with Crippen molar-refractivity contribution >= 4 is 10.2 Å². The Morgan fingerprint density at radius 3 is 2.59 bits per heavy atom. The maximum atomic E-state index is 12.4. The summed E-state index contributed by atoms with van der Waals surface area (Å²) in [5.74, 6) is 0.418. The van der Waals surface area contributed by atoms with Gasteiger partial charge in [0.15, 0.2) is 0 Å². The van der Waals surface area contributed by atoms with Gasteiger partial charge in [0, 0.05) is 19.6 Å². The second-order valence-electron chi connectivity index (χ2n) is 5.01. The Hall–Kier alpha value is -0.640. The van der Waals surface area contributed by atoms with Gasteiger partial charge in [0.25, 0.3) is 10.2 Å². The van der Waals surface area contributed by atoms with Crippen LogP contribution in [-0.4, -0.2) is 42.7 Å². The lowest BCUT2D eigenvalue weighted by Crippen LogP contribution is -2.48. The zero-order chi connectivity index (χ0) is 12.5. The lowest BCUT2D eigenvalue weighted by atomic mass is 10.0. The highest BCUT2D eigenvalue weighted by Crippen LogP contribution is 2.26. The Morgan fingerprint density at radius 2 is 1.94 bits per heavy atom.